The quantitative estimate of drug-likeness (QED) is 0.671. The fourth-order valence-electron chi connectivity index (χ4n) is 0.859. The van der Waals surface area contributed by atoms with Crippen LogP contribution in [0.15, 0.2) is 24.3 Å². The predicted octanol–water partition coefficient (Wildman–Crippen LogP) is 2.02. The van der Waals surface area contributed by atoms with Gasteiger partial charge in [0.15, 0.2) is 0 Å². The van der Waals surface area contributed by atoms with Gasteiger partial charge in [-0.15, -0.1) is 0 Å². The molecule has 5 nitrogen and oxygen atoms in total. The Morgan fingerprint density at radius 1 is 1.29 bits per heavy atom. The zero-order valence-electron chi connectivity index (χ0n) is 10.2. The minimum absolute atomic E-state index is 0.453. The van der Waals surface area contributed by atoms with Crippen LogP contribution in [0.1, 0.15) is 26.3 Å². The van der Waals surface area contributed by atoms with Gasteiger partial charge in [-0.3, -0.25) is 0 Å². The monoisotopic (exact) mass is 235 g/mol. The molecule has 0 saturated heterocycles. The van der Waals surface area contributed by atoms with Crippen molar-refractivity contribution in [1.82, 2.24) is 0 Å². The van der Waals surface area contributed by atoms with Crippen molar-refractivity contribution < 1.29 is 9.53 Å². The van der Waals surface area contributed by atoms with E-state index in [1.807, 2.05) is 6.07 Å². The molecule has 0 aliphatic heterocycles. The maximum atomic E-state index is 10.0. The largest absolute Gasteiger partial charge is 0.444 e. The molecule has 0 radical (unpaired) electrons. The average Bonchev–Trinajstić information content (AvgIpc) is 2.16. The molecule has 0 fully saturated rings. The van der Waals surface area contributed by atoms with Crippen molar-refractivity contribution in [2.75, 3.05) is 5.73 Å². The maximum absolute atomic E-state index is 10.0. The molecule has 92 valence electrons. The van der Waals surface area contributed by atoms with Gasteiger partial charge in [-0.2, -0.15) is 5.26 Å². The van der Waals surface area contributed by atoms with E-state index in [1.54, 1.807) is 45.0 Å². The van der Waals surface area contributed by atoms with Gasteiger partial charge in [0, 0.05) is 5.69 Å². The van der Waals surface area contributed by atoms with Gasteiger partial charge in [0.05, 0.1) is 11.6 Å². The number of carbonyl (C=O) groups excluding carboxylic acids is 1. The van der Waals surface area contributed by atoms with Crippen molar-refractivity contribution in [3.8, 4) is 6.07 Å². The normalized spacial score (nSPS) is 9.53. The smallest absolute Gasteiger partial charge is 0.405 e. The van der Waals surface area contributed by atoms with Gasteiger partial charge in [0.2, 0.25) is 0 Å². The Bertz CT molecular complexity index is 399. The number of amides is 1. The molecule has 4 N–H and O–H groups in total. The van der Waals surface area contributed by atoms with Crippen LogP contribution in [0.5, 0.6) is 0 Å². The lowest BCUT2D eigenvalue weighted by atomic mass is 10.2. The van der Waals surface area contributed by atoms with Crippen LogP contribution in [0, 0.1) is 11.3 Å². The minimum atomic E-state index is -0.725. The van der Waals surface area contributed by atoms with Crippen molar-refractivity contribution in [1.29, 1.82) is 5.26 Å². The molecule has 0 spiro atoms. The van der Waals surface area contributed by atoms with E-state index in [1.165, 1.54) is 0 Å². The van der Waals surface area contributed by atoms with E-state index in [4.69, 9.17) is 16.7 Å². The highest BCUT2D eigenvalue weighted by Crippen LogP contribution is 2.05. The van der Waals surface area contributed by atoms with Crippen molar-refractivity contribution >= 4 is 11.8 Å². The Morgan fingerprint density at radius 2 is 1.76 bits per heavy atom. The summed E-state index contributed by atoms with van der Waals surface area (Å²) in [7, 11) is 0. The molecule has 17 heavy (non-hydrogen) atoms. The van der Waals surface area contributed by atoms with Crippen LogP contribution in [-0.2, 0) is 4.74 Å². The summed E-state index contributed by atoms with van der Waals surface area (Å²) in [5.41, 5.74) is 11.0. The number of nitrogens with two attached hydrogens (primary N) is 2. The third kappa shape index (κ3) is 8.75. The molecule has 0 atom stereocenters. The lowest BCUT2D eigenvalue weighted by Gasteiger charge is -2.16. The number of anilines is 1. The number of nitriles is 1. The molecule has 0 saturated carbocycles. The van der Waals surface area contributed by atoms with Gasteiger partial charge in [-0.1, -0.05) is 0 Å². The van der Waals surface area contributed by atoms with Crippen LogP contribution in [0.2, 0.25) is 0 Å². The topological polar surface area (TPSA) is 102 Å². The summed E-state index contributed by atoms with van der Waals surface area (Å²) in [5.74, 6) is 0. The van der Waals surface area contributed by atoms with Crippen LogP contribution < -0.4 is 11.5 Å². The second-order valence-corrected chi connectivity index (χ2v) is 4.27. The van der Waals surface area contributed by atoms with Crippen molar-refractivity contribution in [2.24, 2.45) is 5.73 Å². The molecule has 0 aliphatic carbocycles. The highest BCUT2D eigenvalue weighted by Gasteiger charge is 2.12. The van der Waals surface area contributed by atoms with Crippen molar-refractivity contribution in [3.63, 3.8) is 0 Å². The van der Waals surface area contributed by atoms with Gasteiger partial charge in [-0.05, 0) is 45.0 Å². The molecule has 1 aromatic rings. The van der Waals surface area contributed by atoms with E-state index in [0.717, 1.165) is 0 Å². The lowest BCUT2D eigenvalue weighted by molar-refractivity contribution is 0.0600. The number of hydrogen-bond donors (Lipinski definition) is 2. The van der Waals surface area contributed by atoms with E-state index >= 15 is 0 Å². The minimum Gasteiger partial charge on any atom is -0.444 e. The number of hydrogen-bond acceptors (Lipinski definition) is 4. The van der Waals surface area contributed by atoms with Crippen LogP contribution in [0.25, 0.3) is 0 Å². The van der Waals surface area contributed by atoms with Crippen molar-refractivity contribution in [3.05, 3.63) is 29.8 Å². The van der Waals surface area contributed by atoms with E-state index in [0.29, 0.717) is 11.3 Å². The summed E-state index contributed by atoms with van der Waals surface area (Å²) in [6.07, 6.45) is -0.725. The van der Waals surface area contributed by atoms with Gasteiger partial charge in [0.25, 0.3) is 0 Å². The average molecular weight is 235 g/mol. The first kappa shape index (κ1) is 14.8. The van der Waals surface area contributed by atoms with Crippen LogP contribution in [0.3, 0.4) is 0 Å². The molecular formula is C12H17N3O2. The van der Waals surface area contributed by atoms with Gasteiger partial charge >= 0.3 is 6.09 Å². The first-order valence-electron chi connectivity index (χ1n) is 4.98. The molecule has 0 bridgehead atoms. The summed E-state index contributed by atoms with van der Waals surface area (Å²) in [6, 6.07) is 8.79. The molecule has 0 unspecified atom stereocenters. The first-order valence-corrected chi connectivity index (χ1v) is 4.98. The third-order valence-electron chi connectivity index (χ3n) is 1.45. The highest BCUT2D eigenvalue weighted by atomic mass is 16.6. The standard InChI is InChI=1S/C7H6N2.C5H11NO2/c8-5-6-1-3-7(9)4-2-6;1-5(2,3)8-4(6)7/h1-4H,9H2;1-3H3,(H2,6,7). The highest BCUT2D eigenvalue weighted by molar-refractivity contribution is 5.65. The molecule has 1 aromatic carbocycles. The third-order valence-corrected chi connectivity index (χ3v) is 1.45. The summed E-state index contributed by atoms with van der Waals surface area (Å²) in [6.45, 7) is 5.28. The fourth-order valence-corrected chi connectivity index (χ4v) is 0.859. The molecule has 5 heteroatoms. The Morgan fingerprint density at radius 3 is 2.00 bits per heavy atom. The van der Waals surface area contributed by atoms with Crippen LogP contribution in [-0.4, -0.2) is 11.7 Å². The summed E-state index contributed by atoms with van der Waals surface area (Å²) in [5, 5.41) is 8.34. The lowest BCUT2D eigenvalue weighted by Crippen LogP contribution is -2.27. The summed E-state index contributed by atoms with van der Waals surface area (Å²) < 4.78 is 4.58. The molecule has 0 aliphatic rings. The Hall–Kier alpha value is -2.22. The second-order valence-electron chi connectivity index (χ2n) is 4.27. The summed E-state index contributed by atoms with van der Waals surface area (Å²) >= 11 is 0. The zero-order valence-corrected chi connectivity index (χ0v) is 10.2. The molecule has 1 rings (SSSR count). The summed E-state index contributed by atoms with van der Waals surface area (Å²) in [4.78, 5) is 10.0. The number of carbonyl (C=O) groups is 1. The van der Waals surface area contributed by atoms with E-state index in [9.17, 15) is 4.79 Å². The maximum Gasteiger partial charge on any atom is 0.405 e. The van der Waals surface area contributed by atoms with Gasteiger partial charge in [-0.25, -0.2) is 4.79 Å². The van der Waals surface area contributed by atoms with E-state index in [2.05, 4.69) is 4.74 Å². The fraction of sp³-hybridized carbons (Fsp3) is 0.333. The molecular weight excluding hydrogens is 218 g/mol. The number of primary amides is 1. The van der Waals surface area contributed by atoms with Crippen molar-refractivity contribution in [2.45, 2.75) is 26.4 Å². The zero-order chi connectivity index (χ0) is 13.5. The number of nitrogens with zero attached hydrogens (tertiary/aromatic N) is 1. The number of nitrogen functional groups attached to an aromatic ring is 1. The first-order chi connectivity index (χ1) is 7.74. The van der Waals surface area contributed by atoms with Crippen LogP contribution in [0.4, 0.5) is 10.5 Å². The van der Waals surface area contributed by atoms with E-state index < -0.39 is 11.7 Å². The van der Waals surface area contributed by atoms with Gasteiger partial charge < -0.3 is 16.2 Å². The number of rotatable bonds is 0. The number of ether oxygens (including phenoxy) is 1. The Labute approximate surface area is 101 Å². The Balaban J connectivity index is 0.000000304. The Kier molecular flexibility index (Phi) is 5.55. The van der Waals surface area contributed by atoms with E-state index in [-0.39, 0.29) is 0 Å². The van der Waals surface area contributed by atoms with Crippen LogP contribution >= 0.6 is 0 Å². The second kappa shape index (κ2) is 6.38. The SMILES string of the molecule is CC(C)(C)OC(N)=O.N#Cc1ccc(N)cc1. The molecule has 0 aromatic heterocycles. The van der Waals surface area contributed by atoms with Gasteiger partial charge in [0.1, 0.15) is 5.60 Å². The molecule has 1 amide bonds. The predicted molar refractivity (Wildman–Crippen MR) is 66.0 cm³/mol. The number of benzene rings is 1. The molecule has 0 heterocycles.